The van der Waals surface area contributed by atoms with Crippen molar-refractivity contribution in [3.8, 4) is 33.4 Å². The van der Waals surface area contributed by atoms with E-state index in [1.54, 1.807) is 0 Å². The highest BCUT2D eigenvalue weighted by Gasteiger charge is 2.21. The average Bonchev–Trinajstić information content (AvgIpc) is 3.46. The van der Waals surface area contributed by atoms with Crippen molar-refractivity contribution in [3.63, 3.8) is 0 Å². The Balaban J connectivity index is 1.34. The van der Waals surface area contributed by atoms with Gasteiger partial charge in [-0.15, -0.1) is 0 Å². The summed E-state index contributed by atoms with van der Waals surface area (Å²) in [7, 11) is 0. The summed E-state index contributed by atoms with van der Waals surface area (Å²) in [5, 5.41) is 7.26. The molecule has 0 radical (unpaired) electrons. The van der Waals surface area contributed by atoms with Gasteiger partial charge in [0.25, 0.3) is 0 Å². The SMILES string of the molecule is CC1CC=Cc2cccc(-c3cccc(-c4c5ccccc5c(-c5cccc6c5oc5ccccc56)c5ccccc45)c3)c21. The van der Waals surface area contributed by atoms with Crippen LogP contribution in [0.4, 0.5) is 0 Å². The van der Waals surface area contributed by atoms with E-state index in [9.17, 15) is 0 Å². The van der Waals surface area contributed by atoms with E-state index in [0.717, 1.165) is 33.9 Å². The molecule has 44 heavy (non-hydrogen) atoms. The van der Waals surface area contributed by atoms with Gasteiger partial charge in [0.05, 0.1) is 0 Å². The van der Waals surface area contributed by atoms with Crippen LogP contribution in [0.5, 0.6) is 0 Å². The van der Waals surface area contributed by atoms with Crippen LogP contribution in [-0.2, 0) is 0 Å². The smallest absolute Gasteiger partial charge is 0.143 e. The Morgan fingerprint density at radius 2 is 1.11 bits per heavy atom. The van der Waals surface area contributed by atoms with Crippen LogP contribution in [0.25, 0.3) is 82.9 Å². The lowest BCUT2D eigenvalue weighted by Crippen LogP contribution is -2.02. The highest BCUT2D eigenvalue weighted by Crippen LogP contribution is 2.47. The molecular formula is C43H30O. The summed E-state index contributed by atoms with van der Waals surface area (Å²) in [6, 6.07) is 48.5. The Bertz CT molecular complexity index is 2380. The van der Waals surface area contributed by atoms with Crippen LogP contribution in [0.3, 0.4) is 0 Å². The fourth-order valence-electron chi connectivity index (χ4n) is 7.56. The minimum Gasteiger partial charge on any atom is -0.455 e. The monoisotopic (exact) mass is 562 g/mol. The quantitative estimate of drug-likeness (QED) is 0.195. The lowest BCUT2D eigenvalue weighted by Gasteiger charge is -2.22. The van der Waals surface area contributed by atoms with Crippen molar-refractivity contribution in [2.45, 2.75) is 19.3 Å². The normalized spacial score (nSPS) is 14.5. The first kappa shape index (κ1) is 25.1. The predicted molar refractivity (Wildman–Crippen MR) is 187 cm³/mol. The van der Waals surface area contributed by atoms with E-state index in [2.05, 4.69) is 146 Å². The van der Waals surface area contributed by atoms with Crippen molar-refractivity contribution >= 4 is 49.6 Å². The number of furan rings is 1. The maximum atomic E-state index is 6.56. The van der Waals surface area contributed by atoms with Gasteiger partial charge in [0.1, 0.15) is 11.2 Å². The number of rotatable bonds is 3. The molecule has 1 aromatic heterocycles. The summed E-state index contributed by atoms with van der Waals surface area (Å²) in [6.45, 7) is 2.35. The van der Waals surface area contributed by atoms with Gasteiger partial charge in [0, 0.05) is 21.9 Å². The summed E-state index contributed by atoms with van der Waals surface area (Å²) >= 11 is 0. The molecule has 0 bridgehead atoms. The number of allylic oxidation sites excluding steroid dienone is 1. The zero-order valence-corrected chi connectivity index (χ0v) is 24.5. The van der Waals surface area contributed by atoms with Crippen molar-refractivity contribution in [3.05, 3.63) is 151 Å². The molecule has 9 rings (SSSR count). The van der Waals surface area contributed by atoms with Crippen LogP contribution in [0.2, 0.25) is 0 Å². The van der Waals surface area contributed by atoms with Gasteiger partial charge >= 0.3 is 0 Å². The van der Waals surface area contributed by atoms with Crippen molar-refractivity contribution in [2.75, 3.05) is 0 Å². The Kier molecular flexibility index (Phi) is 5.61. The molecule has 1 heterocycles. The standard InChI is InChI=1S/C43H30O/c1-27-12-8-13-28-14-10-22-31(40(27)28)29-15-9-16-30(26-29)41-33-18-2-4-20-35(33)42(36-21-5-3-19-34(36)41)38-24-11-23-37-32-17-6-7-25-39(32)44-43(37)38/h2-11,13-27H,12H2,1H3. The molecule has 0 fully saturated rings. The molecule has 1 nitrogen and oxygen atoms in total. The first-order valence-corrected chi connectivity index (χ1v) is 15.5. The number of benzene rings is 7. The topological polar surface area (TPSA) is 13.1 Å². The van der Waals surface area contributed by atoms with Crippen molar-refractivity contribution in [1.82, 2.24) is 0 Å². The molecule has 0 aliphatic heterocycles. The number of fused-ring (bicyclic) bond motifs is 6. The molecule has 0 saturated carbocycles. The predicted octanol–water partition coefficient (Wildman–Crippen LogP) is 12.4. The fourth-order valence-corrected chi connectivity index (χ4v) is 7.56. The van der Waals surface area contributed by atoms with E-state index in [0.29, 0.717) is 5.92 Å². The minimum atomic E-state index is 0.497. The van der Waals surface area contributed by atoms with Crippen molar-refractivity contribution < 1.29 is 4.42 Å². The van der Waals surface area contributed by atoms with Gasteiger partial charge < -0.3 is 4.42 Å². The van der Waals surface area contributed by atoms with E-state index in [4.69, 9.17) is 4.42 Å². The second-order valence-corrected chi connectivity index (χ2v) is 12.1. The van der Waals surface area contributed by atoms with Gasteiger partial charge in [0.2, 0.25) is 0 Å². The average molecular weight is 563 g/mol. The summed E-state index contributed by atoms with van der Waals surface area (Å²) in [4.78, 5) is 0. The third-order valence-electron chi connectivity index (χ3n) is 9.49. The molecule has 0 N–H and O–H groups in total. The molecule has 1 aliphatic rings. The number of para-hydroxylation sites is 2. The minimum absolute atomic E-state index is 0.497. The molecule has 7 aromatic carbocycles. The van der Waals surface area contributed by atoms with E-state index < -0.39 is 0 Å². The summed E-state index contributed by atoms with van der Waals surface area (Å²) in [5.41, 5.74) is 12.1. The van der Waals surface area contributed by atoms with Crippen LogP contribution >= 0.6 is 0 Å². The molecule has 1 atom stereocenters. The van der Waals surface area contributed by atoms with E-state index in [1.807, 2.05) is 6.07 Å². The van der Waals surface area contributed by atoms with E-state index in [-0.39, 0.29) is 0 Å². The molecule has 0 spiro atoms. The molecule has 1 heteroatoms. The van der Waals surface area contributed by atoms with Crippen LogP contribution in [0.1, 0.15) is 30.4 Å². The molecule has 1 aliphatic carbocycles. The van der Waals surface area contributed by atoms with Crippen LogP contribution < -0.4 is 0 Å². The van der Waals surface area contributed by atoms with Crippen molar-refractivity contribution in [1.29, 1.82) is 0 Å². The second kappa shape index (κ2) is 9.82. The largest absolute Gasteiger partial charge is 0.455 e. The Morgan fingerprint density at radius 1 is 0.523 bits per heavy atom. The molecule has 0 saturated heterocycles. The van der Waals surface area contributed by atoms with Gasteiger partial charge in [-0.2, -0.15) is 0 Å². The lowest BCUT2D eigenvalue weighted by molar-refractivity contribution is 0.670. The van der Waals surface area contributed by atoms with Crippen LogP contribution in [0, 0.1) is 0 Å². The lowest BCUT2D eigenvalue weighted by atomic mass is 9.82. The van der Waals surface area contributed by atoms with Crippen molar-refractivity contribution in [2.24, 2.45) is 0 Å². The van der Waals surface area contributed by atoms with Crippen LogP contribution in [-0.4, -0.2) is 0 Å². The zero-order chi connectivity index (χ0) is 29.2. The van der Waals surface area contributed by atoms with Gasteiger partial charge in [-0.3, -0.25) is 0 Å². The second-order valence-electron chi connectivity index (χ2n) is 12.1. The molecular weight excluding hydrogens is 532 g/mol. The summed E-state index contributed by atoms with van der Waals surface area (Å²) in [5.74, 6) is 0.497. The summed E-state index contributed by atoms with van der Waals surface area (Å²) in [6.07, 6.45) is 5.67. The van der Waals surface area contributed by atoms with E-state index in [1.165, 1.54) is 60.5 Å². The first-order valence-electron chi connectivity index (χ1n) is 15.5. The Labute approximate surface area is 256 Å². The van der Waals surface area contributed by atoms with Gasteiger partial charge in [-0.05, 0) is 79.4 Å². The molecule has 208 valence electrons. The maximum Gasteiger partial charge on any atom is 0.143 e. The number of hydrogen-bond acceptors (Lipinski definition) is 1. The fraction of sp³-hybridized carbons (Fsp3) is 0.0698. The number of hydrogen-bond donors (Lipinski definition) is 0. The first-order chi connectivity index (χ1) is 21.8. The van der Waals surface area contributed by atoms with Gasteiger partial charge in [-0.25, -0.2) is 0 Å². The van der Waals surface area contributed by atoms with E-state index >= 15 is 0 Å². The zero-order valence-electron chi connectivity index (χ0n) is 24.5. The Hall–Kier alpha value is -5.40. The molecule has 1 unspecified atom stereocenters. The summed E-state index contributed by atoms with van der Waals surface area (Å²) < 4.78 is 6.56. The molecule has 0 amide bonds. The van der Waals surface area contributed by atoms with Gasteiger partial charge in [-0.1, -0.05) is 140 Å². The van der Waals surface area contributed by atoms with Gasteiger partial charge in [0.15, 0.2) is 0 Å². The third kappa shape index (κ3) is 3.72. The molecule has 8 aromatic rings. The highest BCUT2D eigenvalue weighted by atomic mass is 16.3. The highest BCUT2D eigenvalue weighted by molar-refractivity contribution is 6.24. The Morgan fingerprint density at radius 3 is 1.89 bits per heavy atom. The maximum absolute atomic E-state index is 6.56. The third-order valence-corrected chi connectivity index (χ3v) is 9.49. The van der Waals surface area contributed by atoms with Crippen LogP contribution in [0.15, 0.2) is 144 Å².